The van der Waals surface area contributed by atoms with Gasteiger partial charge in [-0.1, -0.05) is 90.4 Å². The molecule has 20 heavy (non-hydrogen) atoms. The molecule has 4 heteroatoms. The molecule has 0 heterocycles. The van der Waals surface area contributed by atoms with Crippen molar-refractivity contribution in [2.24, 2.45) is 0 Å². The summed E-state index contributed by atoms with van der Waals surface area (Å²) in [5.41, 5.74) is 0. The zero-order chi connectivity index (χ0) is 11.9. The first-order valence-corrected chi connectivity index (χ1v) is 7.71. The Hall–Kier alpha value is 1.52. The average Bonchev–Trinajstić information content (AvgIpc) is 2.31. The zero-order valence-corrected chi connectivity index (χ0v) is 17.7. The van der Waals surface area contributed by atoms with Gasteiger partial charge in [-0.15, -0.1) is 0 Å². The molecular formula is C16H33Cl3Ir-. The standard InChI is InChI=1S/C16H33.3ClH.Ir/c1-3-5-7-9-11-13-15-16-14-12-10-8-6-4-2;;;;/h1,3-16H2,2H3;3*1H;/q-1;;;;+3/p-3. The first-order valence-electron chi connectivity index (χ1n) is 7.71. The van der Waals surface area contributed by atoms with E-state index in [0.717, 1.165) is 6.42 Å². The zero-order valence-electron chi connectivity index (χ0n) is 13.1. The molecule has 0 unspecified atom stereocenters. The fraction of sp³-hybridized carbons (Fsp3) is 0.938. The third-order valence-corrected chi connectivity index (χ3v) is 3.35. The third-order valence-electron chi connectivity index (χ3n) is 3.35. The maximum absolute atomic E-state index is 3.87. The van der Waals surface area contributed by atoms with E-state index in [4.69, 9.17) is 0 Å². The molecule has 0 bridgehead atoms. The van der Waals surface area contributed by atoms with Crippen LogP contribution in [0, 0.1) is 6.92 Å². The fourth-order valence-electron chi connectivity index (χ4n) is 2.19. The molecule has 0 spiro atoms. The molecule has 0 nitrogen and oxygen atoms in total. The summed E-state index contributed by atoms with van der Waals surface area (Å²) in [5, 5.41) is 0. The predicted molar refractivity (Wildman–Crippen MR) is 75.7 cm³/mol. The van der Waals surface area contributed by atoms with E-state index in [1.165, 1.54) is 83.5 Å². The van der Waals surface area contributed by atoms with Crippen molar-refractivity contribution < 1.29 is 57.3 Å². The van der Waals surface area contributed by atoms with Crippen LogP contribution in [0.4, 0.5) is 0 Å². The summed E-state index contributed by atoms with van der Waals surface area (Å²) in [5.74, 6) is 0. The van der Waals surface area contributed by atoms with Gasteiger partial charge in [0, 0.05) is 0 Å². The minimum absolute atomic E-state index is 0. The van der Waals surface area contributed by atoms with Crippen LogP contribution in [-0.4, -0.2) is 0 Å². The summed E-state index contributed by atoms with van der Waals surface area (Å²) in [4.78, 5) is 0. The van der Waals surface area contributed by atoms with Crippen molar-refractivity contribution in [2.75, 3.05) is 0 Å². The summed E-state index contributed by atoms with van der Waals surface area (Å²) in [6.07, 6.45) is 19.8. The van der Waals surface area contributed by atoms with Crippen molar-refractivity contribution >= 4 is 0 Å². The van der Waals surface area contributed by atoms with E-state index in [1.807, 2.05) is 0 Å². The van der Waals surface area contributed by atoms with Crippen molar-refractivity contribution in [1.29, 1.82) is 0 Å². The third kappa shape index (κ3) is 31.8. The Balaban J connectivity index is -0.000000187. The molecule has 0 aliphatic rings. The van der Waals surface area contributed by atoms with Gasteiger partial charge >= 0.3 is 20.1 Å². The number of unbranched alkanes of at least 4 members (excludes halogenated alkanes) is 13. The van der Waals surface area contributed by atoms with Gasteiger partial charge in [-0.3, -0.25) is 0 Å². The predicted octanol–water partition coefficient (Wildman–Crippen LogP) is -2.69. The van der Waals surface area contributed by atoms with E-state index < -0.39 is 0 Å². The topological polar surface area (TPSA) is 0 Å². The van der Waals surface area contributed by atoms with Crippen LogP contribution in [0.1, 0.15) is 96.8 Å². The van der Waals surface area contributed by atoms with Crippen LogP contribution in [0.25, 0.3) is 0 Å². The fourth-order valence-corrected chi connectivity index (χ4v) is 2.19. The molecule has 0 aromatic rings. The van der Waals surface area contributed by atoms with Gasteiger partial charge in [0.25, 0.3) is 0 Å². The van der Waals surface area contributed by atoms with Gasteiger partial charge in [-0.25, -0.2) is 0 Å². The van der Waals surface area contributed by atoms with Crippen molar-refractivity contribution in [2.45, 2.75) is 96.8 Å². The van der Waals surface area contributed by atoms with Crippen LogP contribution in [0.3, 0.4) is 0 Å². The Morgan fingerprint density at radius 3 is 1.00 bits per heavy atom. The Labute approximate surface area is 160 Å². The van der Waals surface area contributed by atoms with Gasteiger partial charge < -0.3 is 44.1 Å². The Morgan fingerprint density at radius 1 is 0.500 bits per heavy atom. The molecule has 128 valence electrons. The van der Waals surface area contributed by atoms with E-state index in [0.29, 0.717) is 0 Å². The van der Waals surface area contributed by atoms with E-state index in [2.05, 4.69) is 13.8 Å². The maximum atomic E-state index is 3.87. The first-order chi connectivity index (χ1) is 7.91. The maximum Gasteiger partial charge on any atom is 3.00 e. The second-order valence-electron chi connectivity index (χ2n) is 5.10. The largest absolute Gasteiger partial charge is 3.00 e. The molecule has 0 aromatic heterocycles. The summed E-state index contributed by atoms with van der Waals surface area (Å²) in [7, 11) is 0. The van der Waals surface area contributed by atoms with E-state index in [9.17, 15) is 0 Å². The second kappa shape index (κ2) is 32.5. The molecular weight excluding hydrogens is 491 g/mol. The van der Waals surface area contributed by atoms with Crippen molar-refractivity contribution in [3.05, 3.63) is 6.92 Å². The number of hydrogen-bond donors (Lipinski definition) is 0. The van der Waals surface area contributed by atoms with Crippen molar-refractivity contribution in [1.82, 2.24) is 0 Å². The Morgan fingerprint density at radius 2 is 0.750 bits per heavy atom. The molecule has 0 amide bonds. The van der Waals surface area contributed by atoms with Crippen molar-refractivity contribution in [3.63, 3.8) is 0 Å². The van der Waals surface area contributed by atoms with Crippen LogP contribution >= 0.6 is 0 Å². The van der Waals surface area contributed by atoms with Gasteiger partial charge in [-0.2, -0.15) is 6.42 Å². The minimum Gasteiger partial charge on any atom is -1.00 e. The monoisotopic (exact) mass is 523 g/mol. The van der Waals surface area contributed by atoms with E-state index >= 15 is 0 Å². The normalized spacial score (nSPS) is 8.70. The van der Waals surface area contributed by atoms with Crippen LogP contribution in [0.2, 0.25) is 0 Å². The van der Waals surface area contributed by atoms with Crippen LogP contribution in [0.15, 0.2) is 0 Å². The second-order valence-corrected chi connectivity index (χ2v) is 5.10. The molecule has 0 fully saturated rings. The smallest absolute Gasteiger partial charge is 1.00 e. The molecule has 0 saturated heterocycles. The summed E-state index contributed by atoms with van der Waals surface area (Å²) in [6, 6.07) is 0. The molecule has 0 radical (unpaired) electrons. The van der Waals surface area contributed by atoms with Crippen LogP contribution in [0.5, 0.6) is 0 Å². The SMILES string of the molecule is [CH2-]CCCCCCCCCCCCCCC.[Cl-].[Cl-].[Cl-].[Ir+3]. The first kappa shape index (κ1) is 33.2. The number of halogens is 3. The van der Waals surface area contributed by atoms with Gasteiger partial charge in [0.05, 0.1) is 0 Å². The summed E-state index contributed by atoms with van der Waals surface area (Å²) < 4.78 is 0. The number of hydrogen-bond acceptors (Lipinski definition) is 0. The number of rotatable bonds is 13. The Bertz CT molecular complexity index is 110. The summed E-state index contributed by atoms with van der Waals surface area (Å²) >= 11 is 0. The van der Waals surface area contributed by atoms with E-state index in [-0.39, 0.29) is 57.3 Å². The Kier molecular flexibility index (Phi) is 53.9. The van der Waals surface area contributed by atoms with Gasteiger partial charge in [0.15, 0.2) is 0 Å². The minimum atomic E-state index is 0. The van der Waals surface area contributed by atoms with Crippen LogP contribution < -0.4 is 37.2 Å². The van der Waals surface area contributed by atoms with E-state index in [1.54, 1.807) is 0 Å². The van der Waals surface area contributed by atoms with Crippen molar-refractivity contribution in [3.8, 4) is 0 Å². The van der Waals surface area contributed by atoms with Gasteiger partial charge in [0.1, 0.15) is 0 Å². The molecule has 0 aromatic carbocycles. The van der Waals surface area contributed by atoms with Gasteiger partial charge in [0.2, 0.25) is 0 Å². The van der Waals surface area contributed by atoms with Crippen LogP contribution in [-0.2, 0) is 20.1 Å². The molecule has 0 saturated carbocycles. The molecule has 0 atom stereocenters. The molecule has 0 aliphatic heterocycles. The molecule has 0 aliphatic carbocycles. The molecule has 0 rings (SSSR count). The van der Waals surface area contributed by atoms with Gasteiger partial charge in [-0.05, 0) is 0 Å². The summed E-state index contributed by atoms with van der Waals surface area (Å²) in [6.45, 7) is 6.16. The molecule has 0 N–H and O–H groups in total. The average molecular weight is 524 g/mol. The quantitative estimate of drug-likeness (QED) is 0.182.